The maximum atomic E-state index is 13.1. The molecule has 1 saturated heterocycles. The van der Waals surface area contributed by atoms with E-state index < -0.39 is 0 Å². The van der Waals surface area contributed by atoms with Gasteiger partial charge in [0.15, 0.2) is 0 Å². The van der Waals surface area contributed by atoms with Crippen LogP contribution in [0.3, 0.4) is 0 Å². The summed E-state index contributed by atoms with van der Waals surface area (Å²) in [6, 6.07) is 14.6. The Balaban J connectivity index is 1.12. The Kier molecular flexibility index (Phi) is 7.48. The lowest BCUT2D eigenvalue weighted by Crippen LogP contribution is -2.40. The van der Waals surface area contributed by atoms with Gasteiger partial charge in [0, 0.05) is 31.7 Å². The van der Waals surface area contributed by atoms with Gasteiger partial charge in [0.25, 0.3) is 5.91 Å². The van der Waals surface area contributed by atoms with Crippen molar-refractivity contribution in [2.75, 3.05) is 40.0 Å². The number of aryl methyl sites for hydroxylation is 1. The summed E-state index contributed by atoms with van der Waals surface area (Å²) >= 11 is 0. The second-order valence-corrected chi connectivity index (χ2v) is 9.89. The first kappa shape index (κ1) is 23.3. The summed E-state index contributed by atoms with van der Waals surface area (Å²) in [6.07, 6.45) is 5.58. The highest BCUT2D eigenvalue weighted by atomic mass is 16.6. The molecule has 1 N–H and O–H groups in total. The van der Waals surface area contributed by atoms with Crippen LogP contribution in [0.4, 0.5) is 0 Å². The van der Waals surface area contributed by atoms with E-state index in [9.17, 15) is 4.79 Å². The van der Waals surface area contributed by atoms with Crippen LogP contribution in [-0.2, 0) is 28.9 Å². The number of carbonyl (C=O) groups excluding carboxylic acids is 1. The van der Waals surface area contributed by atoms with Gasteiger partial charge >= 0.3 is 0 Å². The van der Waals surface area contributed by atoms with Gasteiger partial charge < -0.3 is 24.4 Å². The Morgan fingerprint density at radius 1 is 1.09 bits per heavy atom. The number of likely N-dealkylation sites (N-methyl/N-ethyl adjacent to an activating group) is 1. The summed E-state index contributed by atoms with van der Waals surface area (Å²) in [7, 11) is 1.94. The average Bonchev–Trinajstić information content (AvgIpc) is 3.72. The van der Waals surface area contributed by atoms with Crippen molar-refractivity contribution in [1.29, 1.82) is 0 Å². The minimum absolute atomic E-state index is 0.0805. The molecule has 2 fully saturated rings. The van der Waals surface area contributed by atoms with E-state index in [1.807, 2.05) is 36.2 Å². The molecule has 0 aromatic heterocycles. The fourth-order valence-corrected chi connectivity index (χ4v) is 4.82. The van der Waals surface area contributed by atoms with Crippen LogP contribution < -0.4 is 10.1 Å². The standard InChI is InChI=1S/C28H36N2O4/c1-30(28(31)22-7-10-26(11-8-22)34-18-20-2-3-20)25-9-6-23-14-21(4-5-24(23)15-25)16-29-17-27-19-32-12-13-33-27/h4-5,7-8,10-11,14,20,25,27,29H,2-3,6,9,12-13,15-19H2,1H3. The van der Waals surface area contributed by atoms with E-state index >= 15 is 0 Å². The molecule has 1 aliphatic heterocycles. The lowest BCUT2D eigenvalue weighted by Gasteiger charge is -2.33. The van der Waals surface area contributed by atoms with Gasteiger partial charge in [0.05, 0.1) is 32.5 Å². The summed E-state index contributed by atoms with van der Waals surface area (Å²) in [6.45, 7) is 4.47. The molecule has 34 heavy (non-hydrogen) atoms. The van der Waals surface area contributed by atoms with E-state index in [-0.39, 0.29) is 18.1 Å². The van der Waals surface area contributed by atoms with Crippen LogP contribution in [0.5, 0.6) is 5.75 Å². The van der Waals surface area contributed by atoms with Crippen molar-refractivity contribution in [3.63, 3.8) is 0 Å². The largest absolute Gasteiger partial charge is 0.493 e. The summed E-state index contributed by atoms with van der Waals surface area (Å²) in [5.74, 6) is 1.65. The second kappa shape index (κ2) is 10.9. The average molecular weight is 465 g/mol. The van der Waals surface area contributed by atoms with Crippen LogP contribution in [0.25, 0.3) is 0 Å². The number of benzene rings is 2. The Labute approximate surface area is 202 Å². The second-order valence-electron chi connectivity index (χ2n) is 9.89. The molecule has 1 saturated carbocycles. The minimum atomic E-state index is 0.0805. The molecule has 2 aromatic rings. The van der Waals surface area contributed by atoms with Gasteiger partial charge in [-0.05, 0) is 79.0 Å². The number of ether oxygens (including phenoxy) is 3. The molecule has 0 spiro atoms. The maximum absolute atomic E-state index is 13.1. The van der Waals surface area contributed by atoms with Crippen molar-refractivity contribution >= 4 is 5.91 Å². The maximum Gasteiger partial charge on any atom is 0.253 e. The molecule has 6 heteroatoms. The Morgan fingerprint density at radius 2 is 1.94 bits per heavy atom. The molecule has 182 valence electrons. The number of hydrogen-bond acceptors (Lipinski definition) is 5. The van der Waals surface area contributed by atoms with Crippen LogP contribution in [0.15, 0.2) is 42.5 Å². The lowest BCUT2D eigenvalue weighted by molar-refractivity contribution is -0.0864. The zero-order chi connectivity index (χ0) is 23.3. The molecule has 1 amide bonds. The van der Waals surface area contributed by atoms with E-state index in [0.717, 1.165) is 56.2 Å². The molecule has 0 radical (unpaired) electrons. The van der Waals surface area contributed by atoms with Crippen molar-refractivity contribution in [3.8, 4) is 5.75 Å². The first-order valence-electron chi connectivity index (χ1n) is 12.7. The highest BCUT2D eigenvalue weighted by molar-refractivity contribution is 5.94. The van der Waals surface area contributed by atoms with Crippen LogP contribution in [0.2, 0.25) is 0 Å². The lowest BCUT2D eigenvalue weighted by atomic mass is 9.86. The number of fused-ring (bicyclic) bond motifs is 1. The van der Waals surface area contributed by atoms with Crippen molar-refractivity contribution in [3.05, 3.63) is 64.7 Å². The molecular weight excluding hydrogens is 428 g/mol. The van der Waals surface area contributed by atoms with Gasteiger partial charge in [-0.2, -0.15) is 0 Å². The molecular formula is C28H36N2O4. The van der Waals surface area contributed by atoms with Gasteiger partial charge in [0.1, 0.15) is 5.75 Å². The smallest absolute Gasteiger partial charge is 0.253 e. The molecule has 3 aliphatic rings. The van der Waals surface area contributed by atoms with Crippen LogP contribution >= 0.6 is 0 Å². The third kappa shape index (κ3) is 5.98. The van der Waals surface area contributed by atoms with Crippen LogP contribution in [0.1, 0.15) is 46.3 Å². The van der Waals surface area contributed by atoms with E-state index in [1.165, 1.54) is 29.5 Å². The molecule has 0 bridgehead atoms. The highest BCUT2D eigenvalue weighted by Gasteiger charge is 2.26. The number of rotatable bonds is 9. The first-order chi connectivity index (χ1) is 16.7. The van der Waals surface area contributed by atoms with Gasteiger partial charge in [-0.3, -0.25) is 4.79 Å². The predicted octanol–water partition coefficient (Wildman–Crippen LogP) is 3.61. The van der Waals surface area contributed by atoms with Crippen molar-refractivity contribution in [2.24, 2.45) is 5.92 Å². The predicted molar refractivity (Wildman–Crippen MR) is 131 cm³/mol. The van der Waals surface area contributed by atoms with Gasteiger partial charge in [-0.1, -0.05) is 18.2 Å². The Bertz CT molecular complexity index is 967. The normalized spacial score (nSPS) is 22.1. The number of carbonyl (C=O) groups is 1. The van der Waals surface area contributed by atoms with Crippen molar-refractivity contribution in [1.82, 2.24) is 10.2 Å². The SMILES string of the molecule is CN(C(=O)c1ccc(OCC2CC2)cc1)C1CCc2cc(CNCC3COCCO3)ccc2C1. The minimum Gasteiger partial charge on any atom is -0.493 e. The van der Waals surface area contributed by atoms with E-state index in [4.69, 9.17) is 14.2 Å². The molecule has 2 aromatic carbocycles. The zero-order valence-electron chi connectivity index (χ0n) is 20.1. The Morgan fingerprint density at radius 3 is 2.71 bits per heavy atom. The quantitative estimate of drug-likeness (QED) is 0.614. The van der Waals surface area contributed by atoms with E-state index in [2.05, 4.69) is 23.5 Å². The first-order valence-corrected chi connectivity index (χ1v) is 12.7. The van der Waals surface area contributed by atoms with Crippen LogP contribution in [0, 0.1) is 5.92 Å². The van der Waals surface area contributed by atoms with Gasteiger partial charge in [0.2, 0.25) is 0 Å². The molecule has 5 rings (SSSR count). The number of nitrogens with one attached hydrogen (secondary N) is 1. The van der Waals surface area contributed by atoms with E-state index in [1.54, 1.807) is 0 Å². The van der Waals surface area contributed by atoms with Crippen molar-refractivity contribution < 1.29 is 19.0 Å². The van der Waals surface area contributed by atoms with Gasteiger partial charge in [-0.25, -0.2) is 0 Å². The molecule has 2 aliphatic carbocycles. The number of nitrogens with zero attached hydrogens (tertiary/aromatic N) is 1. The zero-order valence-corrected chi connectivity index (χ0v) is 20.1. The fraction of sp³-hybridized carbons (Fsp3) is 0.536. The summed E-state index contributed by atoms with van der Waals surface area (Å²) in [5, 5.41) is 3.49. The number of hydrogen-bond donors (Lipinski definition) is 1. The summed E-state index contributed by atoms with van der Waals surface area (Å²) < 4.78 is 17.0. The monoisotopic (exact) mass is 464 g/mol. The van der Waals surface area contributed by atoms with Crippen LogP contribution in [-0.4, -0.2) is 63.0 Å². The highest BCUT2D eigenvalue weighted by Crippen LogP contribution is 2.30. The molecule has 6 nitrogen and oxygen atoms in total. The number of amides is 1. The summed E-state index contributed by atoms with van der Waals surface area (Å²) in [4.78, 5) is 15.0. The third-order valence-corrected chi connectivity index (χ3v) is 7.21. The Hall–Kier alpha value is -2.41. The molecule has 2 unspecified atom stereocenters. The topological polar surface area (TPSA) is 60.0 Å². The third-order valence-electron chi connectivity index (χ3n) is 7.21. The van der Waals surface area contributed by atoms with E-state index in [0.29, 0.717) is 19.8 Å². The van der Waals surface area contributed by atoms with Gasteiger partial charge in [-0.15, -0.1) is 0 Å². The molecule has 1 heterocycles. The fourth-order valence-electron chi connectivity index (χ4n) is 4.82. The summed E-state index contributed by atoms with van der Waals surface area (Å²) in [5.41, 5.74) is 4.78. The van der Waals surface area contributed by atoms with Crippen molar-refractivity contribution in [2.45, 2.75) is 50.8 Å². The molecule has 2 atom stereocenters.